The Morgan fingerprint density at radius 2 is 2.08 bits per heavy atom. The van der Waals surface area contributed by atoms with Crippen LogP contribution in [0.25, 0.3) is 0 Å². The Morgan fingerprint density at radius 1 is 1.38 bits per heavy atom. The second-order valence-electron chi connectivity index (χ2n) is 2.35. The van der Waals surface area contributed by atoms with Gasteiger partial charge in [0.2, 0.25) is 0 Å². The SMILES string of the molecule is COc1cc(OB(O)O)ccc1N. The van der Waals surface area contributed by atoms with Crippen molar-refractivity contribution in [3.05, 3.63) is 18.2 Å². The molecule has 0 aromatic heterocycles. The van der Waals surface area contributed by atoms with Gasteiger partial charge in [0.1, 0.15) is 11.5 Å². The van der Waals surface area contributed by atoms with Gasteiger partial charge in [-0.15, -0.1) is 0 Å². The normalized spacial score (nSPS) is 9.46. The lowest BCUT2D eigenvalue weighted by atomic mass is 10.2. The zero-order valence-corrected chi connectivity index (χ0v) is 7.10. The topological polar surface area (TPSA) is 84.9 Å². The second kappa shape index (κ2) is 4.02. The lowest BCUT2D eigenvalue weighted by Crippen LogP contribution is -2.20. The Balaban J connectivity index is 2.86. The van der Waals surface area contributed by atoms with E-state index >= 15 is 0 Å². The second-order valence-corrected chi connectivity index (χ2v) is 2.35. The van der Waals surface area contributed by atoms with Gasteiger partial charge in [-0.1, -0.05) is 0 Å². The van der Waals surface area contributed by atoms with Gasteiger partial charge in [0.05, 0.1) is 12.8 Å². The minimum absolute atomic E-state index is 0.279. The van der Waals surface area contributed by atoms with Gasteiger partial charge in [0, 0.05) is 6.07 Å². The van der Waals surface area contributed by atoms with Crippen molar-refractivity contribution in [3.8, 4) is 11.5 Å². The average Bonchev–Trinajstić information content (AvgIpc) is 2.07. The van der Waals surface area contributed by atoms with Crippen molar-refractivity contribution in [2.75, 3.05) is 12.8 Å². The highest BCUT2D eigenvalue weighted by atomic mass is 16.6. The predicted octanol–water partition coefficient (Wildman–Crippen LogP) is -0.374. The molecule has 0 radical (unpaired) electrons. The van der Waals surface area contributed by atoms with Crippen LogP contribution in [0.3, 0.4) is 0 Å². The molecule has 0 bridgehead atoms. The number of hydrogen-bond acceptors (Lipinski definition) is 5. The summed E-state index contributed by atoms with van der Waals surface area (Å²) < 4.78 is 9.49. The summed E-state index contributed by atoms with van der Waals surface area (Å²) in [5.74, 6) is 0.708. The molecule has 0 unspecified atom stereocenters. The molecule has 0 fully saturated rings. The minimum atomic E-state index is -1.84. The molecular formula is C7H10BNO4. The van der Waals surface area contributed by atoms with E-state index in [0.717, 1.165) is 0 Å². The van der Waals surface area contributed by atoms with Crippen LogP contribution >= 0.6 is 0 Å². The molecule has 0 aliphatic heterocycles. The summed E-state index contributed by atoms with van der Waals surface area (Å²) in [7, 11) is -0.376. The monoisotopic (exact) mass is 183 g/mol. The van der Waals surface area contributed by atoms with E-state index in [4.69, 9.17) is 20.5 Å². The van der Waals surface area contributed by atoms with E-state index in [9.17, 15) is 0 Å². The Kier molecular flexibility index (Phi) is 3.00. The van der Waals surface area contributed by atoms with E-state index in [0.29, 0.717) is 11.4 Å². The van der Waals surface area contributed by atoms with Gasteiger partial charge in [0.15, 0.2) is 0 Å². The number of nitrogen functional groups attached to an aromatic ring is 1. The van der Waals surface area contributed by atoms with Crippen molar-refractivity contribution in [1.82, 2.24) is 0 Å². The molecule has 0 spiro atoms. The molecule has 6 heteroatoms. The quantitative estimate of drug-likeness (QED) is 0.439. The molecule has 4 N–H and O–H groups in total. The summed E-state index contributed by atoms with van der Waals surface area (Å²) in [5, 5.41) is 17.0. The van der Waals surface area contributed by atoms with Crippen LogP contribution in [0, 0.1) is 0 Å². The van der Waals surface area contributed by atoms with Crippen molar-refractivity contribution in [1.29, 1.82) is 0 Å². The van der Waals surface area contributed by atoms with E-state index in [2.05, 4.69) is 4.65 Å². The van der Waals surface area contributed by atoms with Crippen molar-refractivity contribution in [2.45, 2.75) is 0 Å². The van der Waals surface area contributed by atoms with E-state index in [1.807, 2.05) is 0 Å². The third-order valence-electron chi connectivity index (χ3n) is 1.45. The molecule has 0 aliphatic carbocycles. The van der Waals surface area contributed by atoms with Gasteiger partial charge in [-0.2, -0.15) is 0 Å². The zero-order valence-electron chi connectivity index (χ0n) is 7.10. The summed E-state index contributed by atoms with van der Waals surface area (Å²) in [6.07, 6.45) is 0. The summed E-state index contributed by atoms with van der Waals surface area (Å²) in [5.41, 5.74) is 5.99. The van der Waals surface area contributed by atoms with Crippen LogP contribution in [0.5, 0.6) is 11.5 Å². The number of ether oxygens (including phenoxy) is 1. The number of rotatable bonds is 3. The first-order valence-electron chi connectivity index (χ1n) is 3.60. The molecule has 13 heavy (non-hydrogen) atoms. The minimum Gasteiger partial charge on any atom is -0.512 e. The van der Waals surface area contributed by atoms with Crippen LogP contribution in [0.15, 0.2) is 18.2 Å². The van der Waals surface area contributed by atoms with Crippen molar-refractivity contribution in [3.63, 3.8) is 0 Å². The summed E-state index contributed by atoms with van der Waals surface area (Å²) in [6, 6.07) is 4.53. The molecule has 1 aromatic carbocycles. The van der Waals surface area contributed by atoms with Crippen LogP contribution in [0.4, 0.5) is 5.69 Å². The number of methoxy groups -OCH3 is 1. The third kappa shape index (κ3) is 2.53. The van der Waals surface area contributed by atoms with Crippen molar-refractivity contribution < 1.29 is 19.4 Å². The maximum atomic E-state index is 8.50. The van der Waals surface area contributed by atoms with Crippen LogP contribution in [0.2, 0.25) is 0 Å². The highest BCUT2D eigenvalue weighted by Crippen LogP contribution is 2.26. The largest absolute Gasteiger partial charge is 0.707 e. The molecule has 0 saturated heterocycles. The standard InChI is InChI=1S/C7H10BNO4/c1-12-7-4-5(13-8(10)11)2-3-6(7)9/h2-4,10-11H,9H2,1H3. The van der Waals surface area contributed by atoms with E-state index in [1.54, 1.807) is 6.07 Å². The Morgan fingerprint density at radius 3 is 2.62 bits per heavy atom. The molecule has 0 amide bonds. The molecule has 0 aliphatic rings. The summed E-state index contributed by atoms with van der Waals surface area (Å²) >= 11 is 0. The fourth-order valence-electron chi connectivity index (χ4n) is 0.886. The van der Waals surface area contributed by atoms with Crippen LogP contribution in [-0.4, -0.2) is 24.5 Å². The third-order valence-corrected chi connectivity index (χ3v) is 1.45. The van der Waals surface area contributed by atoms with E-state index in [1.165, 1.54) is 19.2 Å². The Hall–Kier alpha value is -1.40. The fraction of sp³-hybridized carbons (Fsp3) is 0.143. The summed E-state index contributed by atoms with van der Waals surface area (Å²) in [6.45, 7) is 0. The van der Waals surface area contributed by atoms with Gasteiger partial charge in [-0.3, -0.25) is 0 Å². The first-order valence-corrected chi connectivity index (χ1v) is 3.60. The highest BCUT2D eigenvalue weighted by molar-refractivity contribution is 6.33. The lowest BCUT2D eigenvalue weighted by molar-refractivity contribution is 0.287. The van der Waals surface area contributed by atoms with Crippen molar-refractivity contribution in [2.24, 2.45) is 0 Å². The molecule has 0 heterocycles. The van der Waals surface area contributed by atoms with Gasteiger partial charge >= 0.3 is 7.32 Å². The average molecular weight is 183 g/mol. The first-order chi connectivity index (χ1) is 6.13. The fourth-order valence-corrected chi connectivity index (χ4v) is 0.886. The molecule has 1 aromatic rings. The summed E-state index contributed by atoms with van der Waals surface area (Å²) in [4.78, 5) is 0. The molecule has 5 nitrogen and oxygen atoms in total. The van der Waals surface area contributed by atoms with Gasteiger partial charge in [-0.25, -0.2) is 0 Å². The zero-order chi connectivity index (χ0) is 9.84. The maximum Gasteiger partial charge on any atom is 0.707 e. The molecule has 0 atom stereocenters. The number of hydrogen-bond donors (Lipinski definition) is 3. The van der Waals surface area contributed by atoms with Gasteiger partial charge in [-0.05, 0) is 12.1 Å². The molecule has 70 valence electrons. The number of anilines is 1. The lowest BCUT2D eigenvalue weighted by Gasteiger charge is -2.08. The maximum absolute atomic E-state index is 8.50. The highest BCUT2D eigenvalue weighted by Gasteiger charge is 2.12. The number of benzene rings is 1. The number of nitrogens with two attached hydrogens (primary N) is 1. The van der Waals surface area contributed by atoms with Crippen LogP contribution in [0.1, 0.15) is 0 Å². The molecule has 0 saturated carbocycles. The smallest absolute Gasteiger partial charge is 0.512 e. The van der Waals surface area contributed by atoms with Gasteiger partial charge in [0.25, 0.3) is 0 Å². The first kappa shape index (κ1) is 9.69. The molecule has 1 rings (SSSR count). The van der Waals surface area contributed by atoms with Crippen LogP contribution in [-0.2, 0) is 0 Å². The van der Waals surface area contributed by atoms with E-state index < -0.39 is 7.32 Å². The van der Waals surface area contributed by atoms with E-state index in [-0.39, 0.29) is 5.75 Å². The van der Waals surface area contributed by atoms with Gasteiger partial charge < -0.3 is 25.2 Å². The van der Waals surface area contributed by atoms with Crippen molar-refractivity contribution >= 4 is 13.0 Å². The van der Waals surface area contributed by atoms with Crippen LogP contribution < -0.4 is 15.1 Å². The Bertz CT molecular complexity index is 292. The Labute approximate surface area is 75.9 Å². The predicted molar refractivity (Wildman–Crippen MR) is 48.2 cm³/mol. The molecular weight excluding hydrogens is 173 g/mol.